The van der Waals surface area contributed by atoms with Crippen molar-refractivity contribution in [2.24, 2.45) is 5.92 Å². The van der Waals surface area contributed by atoms with Crippen LogP contribution in [0.1, 0.15) is 19.4 Å². The average molecular weight is 365 g/mol. The van der Waals surface area contributed by atoms with Gasteiger partial charge in [0.15, 0.2) is 0 Å². The van der Waals surface area contributed by atoms with Crippen LogP contribution >= 0.6 is 15.9 Å². The third kappa shape index (κ3) is 4.18. The minimum Gasteiger partial charge on any atom is -0.398 e. The van der Waals surface area contributed by atoms with Gasteiger partial charge in [0.2, 0.25) is 10.0 Å². The van der Waals surface area contributed by atoms with Crippen molar-refractivity contribution in [2.75, 3.05) is 19.5 Å². The highest BCUT2D eigenvalue weighted by Crippen LogP contribution is 2.26. The molecular formula is C13H21BrN2O3S. The molecular weight excluding hydrogens is 344 g/mol. The summed E-state index contributed by atoms with van der Waals surface area (Å²) in [6.07, 6.45) is 0. The molecule has 7 heteroatoms. The minimum absolute atomic E-state index is 0.123. The molecule has 0 saturated heterocycles. The van der Waals surface area contributed by atoms with E-state index in [2.05, 4.69) is 20.7 Å². The van der Waals surface area contributed by atoms with Crippen molar-refractivity contribution >= 4 is 31.6 Å². The maximum absolute atomic E-state index is 12.5. The normalized spacial score (nSPS) is 13.7. The van der Waals surface area contributed by atoms with Crippen molar-refractivity contribution < 1.29 is 13.2 Å². The number of sulfonamides is 1. The lowest BCUT2D eigenvalue weighted by Crippen LogP contribution is -2.41. The predicted molar refractivity (Wildman–Crippen MR) is 84.1 cm³/mol. The summed E-state index contributed by atoms with van der Waals surface area (Å²) in [6, 6.07) is 2.88. The van der Waals surface area contributed by atoms with E-state index in [4.69, 9.17) is 10.5 Å². The quantitative estimate of drug-likeness (QED) is 0.758. The standard InChI is InChI=1S/C13H21BrN2O3S/c1-8(2)12(7-19-4)16-20(17,18)13-6-11(15)10(14)5-9(13)3/h5-6,8,12,16H,7,15H2,1-4H3. The van der Waals surface area contributed by atoms with Gasteiger partial charge in [-0.1, -0.05) is 13.8 Å². The van der Waals surface area contributed by atoms with E-state index in [-0.39, 0.29) is 16.9 Å². The first-order valence-corrected chi connectivity index (χ1v) is 8.53. The molecule has 1 unspecified atom stereocenters. The number of rotatable bonds is 6. The van der Waals surface area contributed by atoms with E-state index in [9.17, 15) is 8.42 Å². The van der Waals surface area contributed by atoms with Crippen LogP contribution in [0.3, 0.4) is 0 Å². The molecule has 0 bridgehead atoms. The van der Waals surface area contributed by atoms with Gasteiger partial charge < -0.3 is 10.5 Å². The van der Waals surface area contributed by atoms with E-state index in [0.29, 0.717) is 22.3 Å². The van der Waals surface area contributed by atoms with Crippen LogP contribution in [0.5, 0.6) is 0 Å². The van der Waals surface area contributed by atoms with Crippen LogP contribution in [-0.2, 0) is 14.8 Å². The summed E-state index contributed by atoms with van der Waals surface area (Å²) in [5.41, 5.74) is 6.80. The van der Waals surface area contributed by atoms with Gasteiger partial charge in [-0.3, -0.25) is 0 Å². The molecule has 0 aliphatic rings. The van der Waals surface area contributed by atoms with Gasteiger partial charge in [0, 0.05) is 23.3 Å². The van der Waals surface area contributed by atoms with E-state index in [1.807, 2.05) is 13.8 Å². The molecule has 0 aromatic heterocycles. The Morgan fingerprint density at radius 1 is 1.40 bits per heavy atom. The Balaban J connectivity index is 3.13. The Morgan fingerprint density at radius 3 is 2.50 bits per heavy atom. The van der Waals surface area contributed by atoms with Gasteiger partial charge in [-0.15, -0.1) is 0 Å². The number of hydrogen-bond donors (Lipinski definition) is 2. The third-order valence-electron chi connectivity index (χ3n) is 3.04. The average Bonchev–Trinajstić information content (AvgIpc) is 2.32. The Bertz CT molecular complexity index is 573. The van der Waals surface area contributed by atoms with Crippen molar-refractivity contribution in [1.29, 1.82) is 0 Å². The molecule has 0 aliphatic carbocycles. The van der Waals surface area contributed by atoms with Crippen LogP contribution in [0.2, 0.25) is 0 Å². The van der Waals surface area contributed by atoms with Gasteiger partial charge in [-0.05, 0) is 46.5 Å². The molecule has 1 aromatic rings. The predicted octanol–water partition coefficient (Wildman–Crippen LogP) is 2.29. The zero-order valence-corrected chi connectivity index (χ0v) is 14.5. The van der Waals surface area contributed by atoms with Gasteiger partial charge in [-0.2, -0.15) is 0 Å². The zero-order chi connectivity index (χ0) is 15.5. The number of methoxy groups -OCH3 is 1. The number of nitrogens with two attached hydrogens (primary N) is 1. The van der Waals surface area contributed by atoms with Crippen molar-refractivity contribution in [1.82, 2.24) is 4.72 Å². The maximum Gasteiger partial charge on any atom is 0.241 e. The molecule has 5 nitrogen and oxygen atoms in total. The molecule has 0 saturated carbocycles. The lowest BCUT2D eigenvalue weighted by Gasteiger charge is -2.22. The van der Waals surface area contributed by atoms with Crippen LogP contribution in [0.15, 0.2) is 21.5 Å². The molecule has 0 aliphatic heterocycles. The van der Waals surface area contributed by atoms with Crippen LogP contribution in [0.4, 0.5) is 5.69 Å². The second kappa shape index (κ2) is 6.89. The molecule has 0 spiro atoms. The highest BCUT2D eigenvalue weighted by Gasteiger charge is 2.24. The molecule has 3 N–H and O–H groups in total. The number of benzene rings is 1. The summed E-state index contributed by atoms with van der Waals surface area (Å²) in [4.78, 5) is 0.194. The molecule has 0 heterocycles. The van der Waals surface area contributed by atoms with Crippen LogP contribution in [0, 0.1) is 12.8 Å². The van der Waals surface area contributed by atoms with Gasteiger partial charge >= 0.3 is 0 Å². The Hall–Kier alpha value is -0.630. The smallest absolute Gasteiger partial charge is 0.241 e. The maximum atomic E-state index is 12.5. The largest absolute Gasteiger partial charge is 0.398 e. The number of aryl methyl sites for hydroxylation is 1. The number of nitrogen functional groups attached to an aromatic ring is 1. The summed E-state index contributed by atoms with van der Waals surface area (Å²) in [7, 11) is -2.08. The van der Waals surface area contributed by atoms with Gasteiger partial charge in [0.05, 0.1) is 11.5 Å². The molecule has 1 rings (SSSR count). The molecule has 1 atom stereocenters. The zero-order valence-electron chi connectivity index (χ0n) is 12.1. The van der Waals surface area contributed by atoms with Crippen molar-refractivity contribution in [2.45, 2.75) is 31.7 Å². The summed E-state index contributed by atoms with van der Waals surface area (Å²) in [5, 5.41) is 0. The summed E-state index contributed by atoms with van der Waals surface area (Å²) in [6.45, 7) is 5.94. The van der Waals surface area contributed by atoms with Crippen LogP contribution in [-0.4, -0.2) is 28.2 Å². The van der Waals surface area contributed by atoms with E-state index in [1.54, 1.807) is 20.1 Å². The molecule has 0 amide bonds. The van der Waals surface area contributed by atoms with Crippen LogP contribution in [0.25, 0.3) is 0 Å². The summed E-state index contributed by atoms with van der Waals surface area (Å²) >= 11 is 3.29. The number of anilines is 1. The second-order valence-electron chi connectivity index (χ2n) is 5.07. The van der Waals surface area contributed by atoms with E-state index >= 15 is 0 Å². The van der Waals surface area contributed by atoms with Gasteiger partial charge in [0.1, 0.15) is 0 Å². The Kier molecular flexibility index (Phi) is 6.00. The van der Waals surface area contributed by atoms with Crippen molar-refractivity contribution in [3.05, 3.63) is 22.2 Å². The van der Waals surface area contributed by atoms with Crippen molar-refractivity contribution in [3.63, 3.8) is 0 Å². The number of halogens is 1. The lowest BCUT2D eigenvalue weighted by molar-refractivity contribution is 0.157. The highest BCUT2D eigenvalue weighted by molar-refractivity contribution is 9.10. The van der Waals surface area contributed by atoms with Crippen molar-refractivity contribution in [3.8, 4) is 0 Å². The Labute approximate surface area is 129 Å². The molecule has 0 radical (unpaired) electrons. The number of hydrogen-bond acceptors (Lipinski definition) is 4. The third-order valence-corrected chi connectivity index (χ3v) is 5.36. The SMILES string of the molecule is COCC(NS(=O)(=O)c1cc(N)c(Br)cc1C)C(C)C. The first-order valence-electron chi connectivity index (χ1n) is 6.26. The molecule has 20 heavy (non-hydrogen) atoms. The first-order chi connectivity index (χ1) is 9.19. The topological polar surface area (TPSA) is 81.4 Å². The van der Waals surface area contributed by atoms with Gasteiger partial charge in [0.25, 0.3) is 0 Å². The fourth-order valence-electron chi connectivity index (χ4n) is 1.76. The summed E-state index contributed by atoms with van der Waals surface area (Å²) in [5.74, 6) is 0.123. The fourth-order valence-corrected chi connectivity index (χ4v) is 3.85. The van der Waals surface area contributed by atoms with E-state index in [1.165, 1.54) is 6.07 Å². The Morgan fingerprint density at radius 2 is 2.00 bits per heavy atom. The van der Waals surface area contributed by atoms with Gasteiger partial charge in [-0.25, -0.2) is 13.1 Å². The minimum atomic E-state index is -3.63. The van der Waals surface area contributed by atoms with Crippen LogP contribution < -0.4 is 10.5 Å². The second-order valence-corrected chi connectivity index (χ2v) is 7.60. The number of ether oxygens (including phenoxy) is 1. The lowest BCUT2D eigenvalue weighted by atomic mass is 10.1. The molecule has 1 aromatic carbocycles. The van der Waals surface area contributed by atoms with E-state index in [0.717, 1.165) is 0 Å². The molecule has 114 valence electrons. The summed E-state index contributed by atoms with van der Waals surface area (Å²) < 4.78 is 33.4. The number of nitrogens with one attached hydrogen (secondary N) is 1. The monoisotopic (exact) mass is 364 g/mol. The highest BCUT2D eigenvalue weighted by atomic mass is 79.9. The van der Waals surface area contributed by atoms with E-state index < -0.39 is 10.0 Å². The molecule has 0 fully saturated rings. The first kappa shape index (κ1) is 17.4. The fraction of sp³-hybridized carbons (Fsp3) is 0.538.